The molecule has 0 amide bonds. The summed E-state index contributed by atoms with van der Waals surface area (Å²) in [6.45, 7) is 5.60. The second-order valence-corrected chi connectivity index (χ2v) is 8.31. The summed E-state index contributed by atoms with van der Waals surface area (Å²) in [5.74, 6) is -1.46. The van der Waals surface area contributed by atoms with Gasteiger partial charge in [-0.15, -0.1) is 0 Å². The molecule has 3 rings (SSSR count). The zero-order valence-electron chi connectivity index (χ0n) is 15.3. The number of hydrogen-bond acceptors (Lipinski definition) is 5. The minimum Gasteiger partial charge on any atom is -0.305 e. The fourth-order valence-electron chi connectivity index (χ4n) is 4.33. The lowest BCUT2D eigenvalue weighted by Crippen LogP contribution is -2.53. The van der Waals surface area contributed by atoms with Crippen LogP contribution in [0.5, 0.6) is 0 Å². The molecule has 3 atom stereocenters. The zero-order valence-corrected chi connectivity index (χ0v) is 16.9. The minimum absolute atomic E-state index is 0.0968. The molecule has 3 unspecified atom stereocenters. The molecule has 1 fully saturated rings. The summed E-state index contributed by atoms with van der Waals surface area (Å²) in [6.07, 6.45) is 2.03. The van der Waals surface area contributed by atoms with E-state index >= 15 is 0 Å². The number of nitrogens with zero attached hydrogens (tertiary/aromatic N) is 4. The van der Waals surface area contributed by atoms with Crippen LogP contribution >= 0.6 is 15.9 Å². The Hall–Kier alpha value is -2.46. The summed E-state index contributed by atoms with van der Waals surface area (Å²) in [7, 11) is 0. The fourth-order valence-corrected chi connectivity index (χ4v) is 4.74. The van der Waals surface area contributed by atoms with Gasteiger partial charge < -0.3 is 5.41 Å². The predicted octanol–water partition coefficient (Wildman–Crippen LogP) is 4.01. The maximum Gasteiger partial charge on any atom is 0.189 e. The topological polar surface area (TPSA) is 98.5 Å². The summed E-state index contributed by atoms with van der Waals surface area (Å²) >= 11 is 3.48. The van der Waals surface area contributed by atoms with Crippen molar-refractivity contribution in [3.63, 3.8) is 0 Å². The Morgan fingerprint density at radius 2 is 1.96 bits per heavy atom. The second-order valence-electron chi connectivity index (χ2n) is 7.40. The lowest BCUT2D eigenvalue weighted by atomic mass is 9.54. The summed E-state index contributed by atoms with van der Waals surface area (Å²) in [5.41, 5.74) is -0.0236. The molecule has 0 spiro atoms. The molecule has 1 aromatic rings. The maximum atomic E-state index is 10.0. The molecule has 2 aliphatic rings. The van der Waals surface area contributed by atoms with Gasteiger partial charge in [-0.2, -0.15) is 15.8 Å². The lowest BCUT2D eigenvalue weighted by molar-refractivity contribution is 0.171. The van der Waals surface area contributed by atoms with E-state index in [4.69, 9.17) is 5.41 Å². The number of benzene rings is 1. The standard InChI is InChI=1S/C21H20BrN5/c1-13(2)27-7-6-16-17(9-23)20(26)21(11-24,12-25)19(18(16)10-27)14-4-3-5-15(22)8-14/h3-6,8,13,17-19,26H,7,10H2,1-2H3. The molecule has 5 nitrogen and oxygen atoms in total. The first-order valence-electron chi connectivity index (χ1n) is 8.90. The zero-order chi connectivity index (χ0) is 19.8. The van der Waals surface area contributed by atoms with Crippen molar-refractivity contribution in [3.05, 3.63) is 46.0 Å². The van der Waals surface area contributed by atoms with E-state index in [0.717, 1.165) is 15.6 Å². The molecule has 1 aliphatic heterocycles. The first kappa shape index (κ1) is 19.3. The van der Waals surface area contributed by atoms with E-state index in [1.165, 1.54) is 0 Å². The van der Waals surface area contributed by atoms with Crippen LogP contribution in [0.15, 0.2) is 40.4 Å². The summed E-state index contributed by atoms with van der Waals surface area (Å²) in [5, 5.41) is 38.4. The van der Waals surface area contributed by atoms with Crippen molar-refractivity contribution in [2.45, 2.75) is 25.8 Å². The molecule has 0 aromatic heterocycles. The third-order valence-corrected chi connectivity index (χ3v) is 6.25. The molecular formula is C21H20BrN5. The normalized spacial score (nSPS) is 27.1. The Morgan fingerprint density at radius 3 is 2.52 bits per heavy atom. The number of rotatable bonds is 2. The molecule has 1 saturated carbocycles. The van der Waals surface area contributed by atoms with Crippen molar-refractivity contribution in [1.82, 2.24) is 4.90 Å². The highest BCUT2D eigenvalue weighted by Crippen LogP contribution is 2.53. The second kappa shape index (κ2) is 7.28. The van der Waals surface area contributed by atoms with E-state index in [0.29, 0.717) is 19.1 Å². The van der Waals surface area contributed by atoms with Crippen LogP contribution in [-0.4, -0.2) is 29.7 Å². The van der Waals surface area contributed by atoms with E-state index < -0.39 is 17.3 Å². The maximum absolute atomic E-state index is 10.0. The molecule has 0 radical (unpaired) electrons. The molecule has 136 valence electrons. The van der Waals surface area contributed by atoms with Gasteiger partial charge in [0.05, 0.1) is 23.9 Å². The van der Waals surface area contributed by atoms with E-state index in [1.54, 1.807) is 0 Å². The number of hydrogen-bond donors (Lipinski definition) is 1. The van der Waals surface area contributed by atoms with Gasteiger partial charge in [0.15, 0.2) is 5.41 Å². The van der Waals surface area contributed by atoms with Crippen LogP contribution in [0.4, 0.5) is 0 Å². The molecule has 1 aromatic carbocycles. The first-order valence-corrected chi connectivity index (χ1v) is 9.69. The van der Waals surface area contributed by atoms with Crippen molar-refractivity contribution in [1.29, 1.82) is 21.2 Å². The molecular weight excluding hydrogens is 402 g/mol. The minimum atomic E-state index is -1.65. The Labute approximate surface area is 168 Å². The Morgan fingerprint density at radius 1 is 1.26 bits per heavy atom. The van der Waals surface area contributed by atoms with E-state index in [1.807, 2.05) is 30.3 Å². The molecule has 27 heavy (non-hydrogen) atoms. The Kier molecular flexibility index (Phi) is 5.20. The lowest BCUT2D eigenvalue weighted by Gasteiger charge is -2.48. The van der Waals surface area contributed by atoms with Gasteiger partial charge in [-0.1, -0.05) is 34.1 Å². The largest absolute Gasteiger partial charge is 0.305 e. The number of halogens is 1. The smallest absolute Gasteiger partial charge is 0.189 e. The van der Waals surface area contributed by atoms with Crippen LogP contribution in [-0.2, 0) is 0 Å². The van der Waals surface area contributed by atoms with Gasteiger partial charge in [-0.3, -0.25) is 4.90 Å². The van der Waals surface area contributed by atoms with Gasteiger partial charge in [0.1, 0.15) is 5.92 Å². The summed E-state index contributed by atoms with van der Waals surface area (Å²) < 4.78 is 0.862. The SMILES string of the molecule is CC(C)N1CC=C2C(C#N)C(=N)C(C#N)(C#N)C(c3cccc(Br)c3)C2C1. The van der Waals surface area contributed by atoms with Crippen LogP contribution in [0.1, 0.15) is 25.3 Å². The van der Waals surface area contributed by atoms with Crippen molar-refractivity contribution < 1.29 is 0 Å². The molecule has 1 aliphatic carbocycles. The summed E-state index contributed by atoms with van der Waals surface area (Å²) in [4.78, 5) is 2.28. The van der Waals surface area contributed by atoms with Crippen molar-refractivity contribution in [2.75, 3.05) is 13.1 Å². The molecule has 0 bridgehead atoms. The average molecular weight is 422 g/mol. The van der Waals surface area contributed by atoms with Gasteiger partial charge >= 0.3 is 0 Å². The highest BCUT2D eigenvalue weighted by atomic mass is 79.9. The van der Waals surface area contributed by atoms with Crippen LogP contribution in [0.25, 0.3) is 0 Å². The highest BCUT2D eigenvalue weighted by Gasteiger charge is 2.57. The third kappa shape index (κ3) is 2.98. The van der Waals surface area contributed by atoms with Gasteiger partial charge in [0.25, 0.3) is 0 Å². The van der Waals surface area contributed by atoms with Crippen molar-refractivity contribution >= 4 is 21.6 Å². The number of fused-ring (bicyclic) bond motifs is 1. The van der Waals surface area contributed by atoms with Crippen LogP contribution in [0.3, 0.4) is 0 Å². The monoisotopic (exact) mass is 421 g/mol. The summed E-state index contributed by atoms with van der Waals surface area (Å²) in [6, 6.07) is 14.4. The quantitative estimate of drug-likeness (QED) is 0.728. The van der Waals surface area contributed by atoms with Crippen LogP contribution < -0.4 is 0 Å². The molecule has 1 heterocycles. The fraction of sp³-hybridized carbons (Fsp3) is 0.429. The van der Waals surface area contributed by atoms with Crippen molar-refractivity contribution in [2.24, 2.45) is 17.3 Å². The Bertz CT molecular complexity index is 913. The third-order valence-electron chi connectivity index (χ3n) is 5.76. The van der Waals surface area contributed by atoms with Gasteiger partial charge in [0.2, 0.25) is 0 Å². The van der Waals surface area contributed by atoms with E-state index in [2.05, 4.69) is 52.9 Å². The van der Waals surface area contributed by atoms with E-state index in [9.17, 15) is 15.8 Å². The van der Waals surface area contributed by atoms with Gasteiger partial charge in [0, 0.05) is 35.4 Å². The van der Waals surface area contributed by atoms with Crippen molar-refractivity contribution in [3.8, 4) is 18.2 Å². The van der Waals surface area contributed by atoms with Crippen LogP contribution in [0, 0.1) is 56.7 Å². The average Bonchev–Trinajstić information content (AvgIpc) is 2.66. The first-order chi connectivity index (χ1) is 12.9. The highest BCUT2D eigenvalue weighted by molar-refractivity contribution is 9.10. The van der Waals surface area contributed by atoms with Gasteiger partial charge in [-0.25, -0.2) is 0 Å². The predicted molar refractivity (Wildman–Crippen MR) is 106 cm³/mol. The molecule has 6 heteroatoms. The number of nitrogens with one attached hydrogen (secondary N) is 1. The molecule has 1 N–H and O–H groups in total. The van der Waals surface area contributed by atoms with Crippen LogP contribution in [0.2, 0.25) is 0 Å². The molecule has 0 saturated heterocycles. The van der Waals surface area contributed by atoms with Gasteiger partial charge in [-0.05, 0) is 37.1 Å². The van der Waals surface area contributed by atoms with E-state index in [-0.39, 0.29) is 11.6 Å². The Balaban J connectivity index is 2.25. The number of nitriles is 3.